The fourth-order valence-corrected chi connectivity index (χ4v) is 6.01. The molecule has 0 saturated heterocycles. The van der Waals surface area contributed by atoms with E-state index in [0.717, 1.165) is 5.56 Å². The van der Waals surface area contributed by atoms with Gasteiger partial charge in [-0.15, -0.1) is 0 Å². The second-order valence-electron chi connectivity index (χ2n) is 5.14. The molecule has 0 aliphatic carbocycles. The maximum Gasteiger partial charge on any atom is 0.187 e. The van der Waals surface area contributed by atoms with Crippen LogP contribution in [0.15, 0.2) is 53.4 Å². The van der Waals surface area contributed by atoms with Crippen LogP contribution >= 0.6 is 15.9 Å². The average molecular weight is 365 g/mol. The van der Waals surface area contributed by atoms with Crippen molar-refractivity contribution in [2.45, 2.75) is 21.9 Å². The number of hydrogen-bond acceptors (Lipinski definition) is 3. The topological polar surface area (TPSA) is 51.2 Å². The first-order chi connectivity index (χ1) is 9.93. The Morgan fingerprint density at radius 2 is 1.71 bits per heavy atom. The van der Waals surface area contributed by atoms with E-state index in [9.17, 15) is 13.2 Å². The van der Waals surface area contributed by atoms with E-state index >= 15 is 0 Å². The second-order valence-corrected chi connectivity index (χ2v) is 8.17. The van der Waals surface area contributed by atoms with E-state index in [1.54, 1.807) is 36.4 Å². The zero-order valence-electron chi connectivity index (χ0n) is 11.3. The molecule has 1 heterocycles. The van der Waals surface area contributed by atoms with Gasteiger partial charge in [-0.05, 0) is 24.6 Å². The van der Waals surface area contributed by atoms with Gasteiger partial charge in [-0.1, -0.05) is 57.9 Å². The molecule has 0 unspecified atom stereocenters. The minimum Gasteiger partial charge on any atom is -0.293 e. The van der Waals surface area contributed by atoms with Crippen LogP contribution in [-0.2, 0) is 9.84 Å². The van der Waals surface area contributed by atoms with Crippen LogP contribution in [0.1, 0.15) is 26.7 Å². The third-order valence-corrected chi connectivity index (χ3v) is 7.16. The van der Waals surface area contributed by atoms with E-state index in [2.05, 4.69) is 15.9 Å². The molecule has 0 aromatic heterocycles. The summed E-state index contributed by atoms with van der Waals surface area (Å²) in [6.07, 6.45) is 0. The number of hydrogen-bond donors (Lipinski definition) is 0. The summed E-state index contributed by atoms with van der Waals surface area (Å²) in [6.45, 7) is 1.84. The minimum atomic E-state index is -3.60. The minimum absolute atomic E-state index is 0.127. The second kappa shape index (κ2) is 5.07. The van der Waals surface area contributed by atoms with Gasteiger partial charge in [0, 0.05) is 5.56 Å². The number of ketones is 1. The number of fused-ring (bicyclic) bond motifs is 1. The van der Waals surface area contributed by atoms with E-state index in [0.29, 0.717) is 5.56 Å². The lowest BCUT2D eigenvalue weighted by molar-refractivity contribution is 0.0982. The lowest BCUT2D eigenvalue weighted by Gasteiger charge is -2.28. The number of carbonyl (C=O) groups excluding carboxylic acids is 1. The van der Waals surface area contributed by atoms with Gasteiger partial charge >= 0.3 is 0 Å². The standard InChI is InChI=1S/C16H13BrO3S/c1-10-7-8-13-12(9-10)15(18)14(17)16(21(13,19)20)11-5-3-2-4-6-11/h2-9,14,16H,1H3/t14-,16+/m0/s1. The maximum absolute atomic E-state index is 12.9. The van der Waals surface area contributed by atoms with E-state index in [1.165, 1.54) is 6.07 Å². The van der Waals surface area contributed by atoms with E-state index in [1.807, 2.05) is 13.0 Å². The quantitative estimate of drug-likeness (QED) is 0.728. The smallest absolute Gasteiger partial charge is 0.187 e. The van der Waals surface area contributed by atoms with E-state index < -0.39 is 19.9 Å². The molecular formula is C16H13BrO3S. The Balaban J connectivity index is 2.27. The summed E-state index contributed by atoms with van der Waals surface area (Å²) in [5.41, 5.74) is 1.78. The number of aryl methyl sites for hydroxylation is 1. The molecule has 2 aromatic rings. The lowest BCUT2D eigenvalue weighted by Crippen LogP contribution is -2.35. The van der Waals surface area contributed by atoms with Crippen LogP contribution in [-0.4, -0.2) is 19.0 Å². The molecule has 21 heavy (non-hydrogen) atoms. The lowest BCUT2D eigenvalue weighted by atomic mass is 10.00. The van der Waals surface area contributed by atoms with Crippen molar-refractivity contribution in [1.82, 2.24) is 0 Å². The summed E-state index contributed by atoms with van der Waals surface area (Å²) < 4.78 is 25.8. The summed E-state index contributed by atoms with van der Waals surface area (Å²) in [7, 11) is -3.60. The van der Waals surface area contributed by atoms with Gasteiger partial charge in [-0.25, -0.2) is 8.42 Å². The first-order valence-corrected chi connectivity index (χ1v) is 8.97. The molecule has 0 N–H and O–H groups in total. The highest BCUT2D eigenvalue weighted by Gasteiger charge is 2.45. The van der Waals surface area contributed by atoms with Crippen LogP contribution in [0.4, 0.5) is 0 Å². The highest BCUT2D eigenvalue weighted by atomic mass is 79.9. The number of Topliss-reactive ketones (excluding diaryl/α,β-unsaturated/α-hetero) is 1. The largest absolute Gasteiger partial charge is 0.293 e. The summed E-state index contributed by atoms with van der Waals surface area (Å²) in [5.74, 6) is -0.183. The highest BCUT2D eigenvalue weighted by molar-refractivity contribution is 9.10. The van der Waals surface area contributed by atoms with Gasteiger partial charge in [-0.3, -0.25) is 4.79 Å². The predicted molar refractivity (Wildman–Crippen MR) is 84.6 cm³/mol. The molecule has 0 saturated carbocycles. The van der Waals surface area contributed by atoms with Crippen LogP contribution < -0.4 is 0 Å². The number of alkyl halides is 1. The van der Waals surface area contributed by atoms with Crippen LogP contribution in [0.5, 0.6) is 0 Å². The number of benzene rings is 2. The van der Waals surface area contributed by atoms with Crippen molar-refractivity contribution < 1.29 is 13.2 Å². The van der Waals surface area contributed by atoms with Crippen LogP contribution in [0.25, 0.3) is 0 Å². The molecule has 0 spiro atoms. The summed E-state index contributed by atoms with van der Waals surface area (Å²) in [5, 5.41) is -0.888. The Hall–Kier alpha value is -1.46. The van der Waals surface area contributed by atoms with E-state index in [-0.39, 0.29) is 16.2 Å². The predicted octanol–water partition coefficient (Wildman–Crippen LogP) is 3.47. The molecule has 3 rings (SSSR count). The van der Waals surface area contributed by atoms with Gasteiger partial charge in [-0.2, -0.15) is 0 Å². The molecule has 0 fully saturated rings. The first-order valence-electron chi connectivity index (χ1n) is 6.50. The van der Waals surface area contributed by atoms with Crippen LogP contribution in [0, 0.1) is 6.92 Å². The molecular weight excluding hydrogens is 352 g/mol. The Morgan fingerprint density at radius 3 is 2.38 bits per heavy atom. The molecule has 2 aromatic carbocycles. The molecule has 108 valence electrons. The molecule has 0 bridgehead atoms. The third kappa shape index (κ3) is 2.24. The molecule has 0 amide bonds. The first kappa shape index (κ1) is 14.5. The third-order valence-electron chi connectivity index (χ3n) is 3.69. The zero-order chi connectivity index (χ0) is 15.2. The van der Waals surface area contributed by atoms with Gasteiger partial charge in [0.05, 0.1) is 9.72 Å². The van der Waals surface area contributed by atoms with Gasteiger partial charge < -0.3 is 0 Å². The van der Waals surface area contributed by atoms with Crippen LogP contribution in [0.3, 0.4) is 0 Å². The van der Waals surface area contributed by atoms with Crippen molar-refractivity contribution in [2.75, 3.05) is 0 Å². The fourth-order valence-electron chi connectivity index (χ4n) is 2.66. The van der Waals surface area contributed by atoms with Gasteiger partial charge in [0.2, 0.25) is 0 Å². The molecule has 0 radical (unpaired) electrons. The average Bonchev–Trinajstić information content (AvgIpc) is 2.46. The normalized spacial score (nSPS) is 23.6. The van der Waals surface area contributed by atoms with Crippen molar-refractivity contribution in [3.05, 3.63) is 65.2 Å². The zero-order valence-corrected chi connectivity index (χ0v) is 13.7. The van der Waals surface area contributed by atoms with Gasteiger partial charge in [0.15, 0.2) is 15.6 Å². The van der Waals surface area contributed by atoms with Crippen molar-refractivity contribution in [3.63, 3.8) is 0 Å². The van der Waals surface area contributed by atoms with Crippen molar-refractivity contribution in [1.29, 1.82) is 0 Å². The maximum atomic E-state index is 12.9. The SMILES string of the molecule is Cc1ccc2c(c1)C(=O)[C@H](Br)[C@@H](c1ccccc1)S2(=O)=O. The Bertz CT molecular complexity index is 813. The van der Waals surface area contributed by atoms with E-state index in [4.69, 9.17) is 0 Å². The van der Waals surface area contributed by atoms with Crippen LogP contribution in [0.2, 0.25) is 0 Å². The number of rotatable bonds is 1. The Kier molecular flexibility index (Phi) is 3.50. The fraction of sp³-hybridized carbons (Fsp3) is 0.188. The highest BCUT2D eigenvalue weighted by Crippen LogP contribution is 2.42. The molecule has 1 aliphatic heterocycles. The molecule has 1 aliphatic rings. The van der Waals surface area contributed by atoms with Crippen molar-refractivity contribution in [2.24, 2.45) is 0 Å². The summed E-state index contributed by atoms with van der Waals surface area (Å²) >= 11 is 3.30. The molecule has 3 nitrogen and oxygen atoms in total. The molecule has 2 atom stereocenters. The monoisotopic (exact) mass is 364 g/mol. The Morgan fingerprint density at radius 1 is 1.05 bits per heavy atom. The van der Waals surface area contributed by atoms with Gasteiger partial charge in [0.25, 0.3) is 0 Å². The van der Waals surface area contributed by atoms with Crippen molar-refractivity contribution >= 4 is 31.6 Å². The summed E-state index contributed by atoms with van der Waals surface area (Å²) in [4.78, 5) is 11.9. The number of halogens is 1. The summed E-state index contributed by atoms with van der Waals surface area (Å²) in [6, 6.07) is 13.8. The number of sulfone groups is 1. The Labute approximate surface area is 132 Å². The molecule has 5 heteroatoms. The number of carbonyl (C=O) groups is 1. The van der Waals surface area contributed by atoms with Gasteiger partial charge in [0.1, 0.15) is 5.25 Å². The van der Waals surface area contributed by atoms with Crippen molar-refractivity contribution in [3.8, 4) is 0 Å².